The van der Waals surface area contributed by atoms with Crippen molar-refractivity contribution in [2.24, 2.45) is 0 Å². The van der Waals surface area contributed by atoms with Crippen LogP contribution in [0.2, 0.25) is 5.04 Å². The Balaban J connectivity index is 0.823. The van der Waals surface area contributed by atoms with Gasteiger partial charge >= 0.3 is 47.8 Å². The molecule has 123 heavy (non-hydrogen) atoms. The third kappa shape index (κ3) is 21.4. The summed E-state index contributed by atoms with van der Waals surface area (Å²) >= 11 is 0. The highest BCUT2D eigenvalue weighted by molar-refractivity contribution is 6.99. The number of esters is 8. The van der Waals surface area contributed by atoms with Crippen LogP contribution in [0, 0.1) is 0 Å². The molecule has 4 aliphatic rings. The first-order valence-corrected chi connectivity index (χ1v) is 42.3. The first-order chi connectivity index (χ1) is 59.9. The van der Waals surface area contributed by atoms with Crippen molar-refractivity contribution in [3.63, 3.8) is 0 Å². The van der Waals surface area contributed by atoms with Gasteiger partial charge in [-0.1, -0.05) is 233 Å². The molecular weight excluding hydrogens is 1590 g/mol. The maximum absolute atomic E-state index is 14.8. The van der Waals surface area contributed by atoms with Crippen molar-refractivity contribution in [2.45, 2.75) is 137 Å². The molecular formula is C97H92O25Si. The largest absolute Gasteiger partial charge is 0.452 e. The topological polar surface area (TPSA) is 293 Å². The Morgan fingerprint density at radius 1 is 0.285 bits per heavy atom. The fraction of sp³-hybridized carbons (Fsp3) is 0.278. The standard InChI is InChI=1S/C97H92O25Si/c1-5-6-37-58-106-93-81(119-89(102)67-46-25-11-26-47-67)77(115-85(98)63-38-17-7-18-39-63)73(111-93)59-107-94-82(120-90(103)68-48-27-12-28-49-68)78(116-86(99)64-40-19-8-20-41-64)74(112-94)60-108-95-83(121-91(104)69-50-29-13-30-51-69)79(117-87(100)65-42-21-9-22-43-65)75(113-95)61-109-96-84(122-92(105)70-52-31-14-32-53-70)80(118-88(101)66-44-23-10-24-45-66)76(114-96)62-110-123(97(2,3)4,71-54-33-15-34-55-71)72-56-35-16-36-57-72/h5,7-36,38-57,73-84,93-96H,1,6,37,58-62H2,2-4H3/t73-,74-,75-,76-,77-,78-,79-,80-,81+,82+,83+,84+,93+,94+,95+,96+/m1/s1. The zero-order chi connectivity index (χ0) is 85.7. The number of carbonyl (C=O) groups is 8. The number of allylic oxidation sites excluding steroid dienone is 1. The van der Waals surface area contributed by atoms with Gasteiger partial charge in [-0.25, -0.2) is 38.4 Å². The zero-order valence-electron chi connectivity index (χ0n) is 67.5. The van der Waals surface area contributed by atoms with Gasteiger partial charge in [-0.3, -0.25) is 0 Å². The number of carbonyl (C=O) groups excluding carboxylic acids is 8. The number of hydrogen-bond acceptors (Lipinski definition) is 25. The fourth-order valence-electron chi connectivity index (χ4n) is 15.0. The predicted octanol–water partition coefficient (Wildman–Crippen LogP) is 13.3. The highest BCUT2D eigenvalue weighted by atomic mass is 28.4. The molecule has 16 atom stereocenters. The van der Waals surface area contributed by atoms with Crippen molar-refractivity contribution in [2.75, 3.05) is 33.0 Å². The lowest BCUT2D eigenvalue weighted by Crippen LogP contribution is -2.67. The Labute approximate surface area is 711 Å². The molecule has 25 nitrogen and oxygen atoms in total. The molecule has 0 unspecified atom stereocenters. The summed E-state index contributed by atoms with van der Waals surface area (Å²) in [5.41, 5.74) is 0.830. The van der Waals surface area contributed by atoms with Crippen molar-refractivity contribution < 1.29 is 119 Å². The molecule has 10 aromatic rings. The van der Waals surface area contributed by atoms with E-state index in [9.17, 15) is 38.4 Å². The second-order valence-corrected chi connectivity index (χ2v) is 34.6. The summed E-state index contributed by atoms with van der Waals surface area (Å²) in [5, 5.41) is 1.25. The van der Waals surface area contributed by atoms with E-state index in [0.29, 0.717) is 12.8 Å². The lowest BCUT2D eigenvalue weighted by Gasteiger charge is -2.43. The van der Waals surface area contributed by atoms with Crippen molar-refractivity contribution in [1.82, 2.24) is 0 Å². The van der Waals surface area contributed by atoms with Gasteiger partial charge in [0.2, 0.25) is 0 Å². The molecule has 14 rings (SSSR count). The smallest absolute Gasteiger partial charge is 0.338 e. The van der Waals surface area contributed by atoms with E-state index in [1.165, 1.54) is 60.7 Å². The Morgan fingerprint density at radius 2 is 0.480 bits per heavy atom. The van der Waals surface area contributed by atoms with Gasteiger partial charge in [0.05, 0.1) is 77.5 Å². The van der Waals surface area contributed by atoms with Crippen LogP contribution in [-0.2, 0) is 80.2 Å². The van der Waals surface area contributed by atoms with Gasteiger partial charge < -0.3 is 80.2 Å². The van der Waals surface area contributed by atoms with E-state index in [1.54, 1.807) is 188 Å². The molecule has 10 aromatic carbocycles. The summed E-state index contributed by atoms with van der Waals surface area (Å²) < 4.78 is 112. The molecule has 0 saturated carbocycles. The molecule has 634 valence electrons. The van der Waals surface area contributed by atoms with Crippen molar-refractivity contribution >= 4 is 66.4 Å². The molecule has 0 spiro atoms. The average Bonchev–Trinajstić information content (AvgIpc) is 0.810. The Morgan fingerprint density at radius 3 is 0.691 bits per heavy atom. The van der Waals surface area contributed by atoms with Gasteiger partial charge in [0.1, 0.15) is 24.4 Å². The second-order valence-electron chi connectivity index (χ2n) is 30.3. The number of unbranched alkanes of at least 4 members (excludes halogenated alkanes) is 1. The van der Waals surface area contributed by atoms with E-state index < -0.39 is 179 Å². The van der Waals surface area contributed by atoms with E-state index in [0.717, 1.165) is 10.4 Å². The molecule has 4 saturated heterocycles. The summed E-state index contributed by atoms with van der Waals surface area (Å²) in [4.78, 5) is 117. The lowest BCUT2D eigenvalue weighted by molar-refractivity contribution is -0.224. The summed E-state index contributed by atoms with van der Waals surface area (Å²) in [6.45, 7) is 7.92. The van der Waals surface area contributed by atoms with Crippen molar-refractivity contribution in [3.8, 4) is 0 Å². The maximum Gasteiger partial charge on any atom is 0.338 e. The van der Waals surface area contributed by atoms with Crippen LogP contribution in [0.3, 0.4) is 0 Å². The molecule has 0 amide bonds. The Bertz CT molecular complexity index is 5100. The minimum Gasteiger partial charge on any atom is -0.452 e. The molecule has 0 N–H and O–H groups in total. The molecule has 0 aliphatic carbocycles. The summed E-state index contributed by atoms with van der Waals surface area (Å²) in [6, 6.07) is 83.8. The van der Waals surface area contributed by atoms with E-state index >= 15 is 0 Å². The van der Waals surface area contributed by atoms with Crippen LogP contribution < -0.4 is 10.4 Å². The number of hydrogen-bond donors (Lipinski definition) is 0. The van der Waals surface area contributed by atoms with Gasteiger partial charge in [0.25, 0.3) is 8.32 Å². The van der Waals surface area contributed by atoms with Crippen molar-refractivity contribution in [3.05, 3.63) is 360 Å². The predicted molar refractivity (Wildman–Crippen MR) is 447 cm³/mol. The summed E-state index contributed by atoms with van der Waals surface area (Å²) in [5.74, 6) is -6.98. The zero-order valence-corrected chi connectivity index (χ0v) is 68.5. The molecule has 26 heteroatoms. The summed E-state index contributed by atoms with van der Waals surface area (Å²) in [7, 11) is -3.45. The fourth-order valence-corrected chi connectivity index (χ4v) is 19.6. The Hall–Kier alpha value is -12.4. The third-order valence-corrected chi connectivity index (χ3v) is 26.1. The van der Waals surface area contributed by atoms with Gasteiger partial charge in [0.15, 0.2) is 74.0 Å². The van der Waals surface area contributed by atoms with Crippen LogP contribution in [0.5, 0.6) is 0 Å². The lowest BCUT2D eigenvalue weighted by atomic mass is 10.1. The van der Waals surface area contributed by atoms with Crippen LogP contribution in [-0.4, -0.2) is 188 Å². The van der Waals surface area contributed by atoms with Crippen LogP contribution in [0.25, 0.3) is 0 Å². The van der Waals surface area contributed by atoms with Gasteiger partial charge in [-0.05, 0) is 125 Å². The molecule has 4 fully saturated rings. The minimum atomic E-state index is -3.45. The monoisotopic (exact) mass is 1680 g/mol. The van der Waals surface area contributed by atoms with E-state index in [-0.39, 0.29) is 57.7 Å². The van der Waals surface area contributed by atoms with Gasteiger partial charge in [-0.15, -0.1) is 6.58 Å². The molecule has 0 bridgehead atoms. The van der Waals surface area contributed by atoms with Gasteiger partial charge in [-0.2, -0.15) is 0 Å². The average molecular weight is 1690 g/mol. The van der Waals surface area contributed by atoms with Gasteiger partial charge in [0, 0.05) is 0 Å². The maximum atomic E-state index is 14.8. The van der Waals surface area contributed by atoms with E-state index in [4.69, 9.17) is 80.2 Å². The summed E-state index contributed by atoms with van der Waals surface area (Å²) in [6.07, 6.45) is -22.5. The second kappa shape index (κ2) is 41.4. The first kappa shape index (κ1) is 86.9. The molecule has 4 aliphatic heterocycles. The first-order valence-electron chi connectivity index (χ1n) is 40.4. The highest BCUT2D eigenvalue weighted by Crippen LogP contribution is 2.41. The quantitative estimate of drug-likeness (QED) is 0.0117. The van der Waals surface area contributed by atoms with Crippen molar-refractivity contribution in [1.29, 1.82) is 0 Å². The van der Waals surface area contributed by atoms with Crippen LogP contribution in [0.4, 0.5) is 0 Å². The third-order valence-electron chi connectivity index (χ3n) is 21.1. The number of rotatable bonds is 35. The van der Waals surface area contributed by atoms with Crippen LogP contribution in [0.15, 0.2) is 316 Å². The molecule has 4 heterocycles. The number of ether oxygens (including phenoxy) is 16. The highest BCUT2D eigenvalue weighted by Gasteiger charge is 2.59. The SMILES string of the molecule is C=CCCCO[C@H]1O[C@H](CO[C@H]2O[C@H](CO[C@H]3O[C@H](CO[C@H]4O[C@H](CO[Si](c5ccccc5)(c5ccccc5)C(C)(C)C)[C@@H](OC(=O)c5ccccc5)[C@@H]4OC(=O)c4ccccc4)[C@@H](OC(=O)c4ccccc4)[C@@H]3OC(=O)c3ccccc3)[C@@H](OC(=O)c3ccccc3)[C@@H]2OC(=O)c2ccccc2)[C@@H](OC(=O)c2ccccc2)[C@@H]1OC(=O)c1ccccc1. The minimum absolute atomic E-state index is 0.0542. The molecule has 0 aromatic heterocycles. The van der Waals surface area contributed by atoms with E-state index in [1.807, 2.05) is 60.7 Å². The molecule has 0 radical (unpaired) electrons. The van der Waals surface area contributed by atoms with Crippen LogP contribution in [0.1, 0.15) is 116 Å². The van der Waals surface area contributed by atoms with E-state index in [2.05, 4.69) is 27.4 Å². The van der Waals surface area contributed by atoms with Crippen LogP contribution >= 0.6 is 0 Å². The normalized spacial score (nSPS) is 23.5. The Kier molecular flexibility index (Phi) is 29.3. The number of benzene rings is 10.